The fourth-order valence-electron chi connectivity index (χ4n) is 4.09. The summed E-state index contributed by atoms with van der Waals surface area (Å²) in [6.45, 7) is 1.54. The van der Waals surface area contributed by atoms with E-state index in [0.717, 1.165) is 11.1 Å². The van der Waals surface area contributed by atoms with Gasteiger partial charge in [-0.25, -0.2) is 8.42 Å². The van der Waals surface area contributed by atoms with E-state index in [4.69, 9.17) is 4.74 Å². The van der Waals surface area contributed by atoms with E-state index in [9.17, 15) is 23.1 Å². The second kappa shape index (κ2) is 10.4. The van der Waals surface area contributed by atoms with Crippen LogP contribution < -0.4 is 5.32 Å². The number of amides is 1. The van der Waals surface area contributed by atoms with Crippen LogP contribution in [0.1, 0.15) is 18.1 Å². The lowest BCUT2D eigenvalue weighted by atomic mass is 10.0. The van der Waals surface area contributed by atoms with Gasteiger partial charge in [0.1, 0.15) is 23.6 Å². The number of phenolic OH excluding ortho intramolecular Hbond substituents is 1. The van der Waals surface area contributed by atoms with Crippen LogP contribution in [-0.2, 0) is 36.3 Å². The highest BCUT2D eigenvalue weighted by Crippen LogP contribution is 2.23. The van der Waals surface area contributed by atoms with Crippen LogP contribution >= 0.6 is 0 Å². The Kier molecular flexibility index (Phi) is 7.33. The average molecular weight is 494 g/mol. The van der Waals surface area contributed by atoms with Crippen LogP contribution in [-0.4, -0.2) is 49.2 Å². The molecule has 3 aromatic rings. The van der Waals surface area contributed by atoms with E-state index in [2.05, 4.69) is 5.32 Å². The number of carbonyl (C=O) groups is 2. The first kappa shape index (κ1) is 24.6. The van der Waals surface area contributed by atoms with Gasteiger partial charge in [-0.1, -0.05) is 66.7 Å². The maximum atomic E-state index is 13.5. The molecule has 0 radical (unpaired) electrons. The van der Waals surface area contributed by atoms with Gasteiger partial charge in [0.2, 0.25) is 5.91 Å². The SMILES string of the molecule is CC1OCC(=O)C1NC(=O)C(Cc1ccc(O)cc1)S(=O)(=O)Cc1ccc(-c2ccccc2)cc1. The highest BCUT2D eigenvalue weighted by molar-refractivity contribution is 7.92. The summed E-state index contributed by atoms with van der Waals surface area (Å²) < 4.78 is 32.2. The summed E-state index contributed by atoms with van der Waals surface area (Å²) in [7, 11) is -3.96. The van der Waals surface area contributed by atoms with Crippen molar-refractivity contribution in [2.75, 3.05) is 6.61 Å². The third kappa shape index (κ3) is 5.96. The van der Waals surface area contributed by atoms with Gasteiger partial charge in [-0.05, 0) is 47.7 Å². The number of sulfone groups is 1. The van der Waals surface area contributed by atoms with Crippen molar-refractivity contribution in [3.8, 4) is 16.9 Å². The first-order valence-electron chi connectivity index (χ1n) is 11.3. The van der Waals surface area contributed by atoms with Crippen LogP contribution in [0.4, 0.5) is 0 Å². The number of ketones is 1. The lowest BCUT2D eigenvalue weighted by Gasteiger charge is -2.21. The monoisotopic (exact) mass is 493 g/mol. The maximum Gasteiger partial charge on any atom is 0.239 e. The zero-order chi connectivity index (χ0) is 25.0. The minimum Gasteiger partial charge on any atom is -0.508 e. The Balaban J connectivity index is 1.57. The van der Waals surface area contributed by atoms with Crippen molar-refractivity contribution >= 4 is 21.5 Å². The van der Waals surface area contributed by atoms with Gasteiger partial charge in [0.25, 0.3) is 0 Å². The topological polar surface area (TPSA) is 110 Å². The van der Waals surface area contributed by atoms with E-state index >= 15 is 0 Å². The zero-order valence-electron chi connectivity index (χ0n) is 19.3. The number of hydrogen-bond donors (Lipinski definition) is 2. The third-order valence-electron chi connectivity index (χ3n) is 6.11. The molecule has 1 aliphatic rings. The van der Waals surface area contributed by atoms with Crippen LogP contribution in [0.5, 0.6) is 5.75 Å². The average Bonchev–Trinajstić information content (AvgIpc) is 3.16. The van der Waals surface area contributed by atoms with Gasteiger partial charge in [0, 0.05) is 0 Å². The molecule has 0 saturated carbocycles. The quantitative estimate of drug-likeness (QED) is 0.499. The number of ether oxygens (including phenoxy) is 1. The first-order chi connectivity index (χ1) is 16.7. The number of Topliss-reactive ketones (excluding diaryl/α,β-unsaturated/α-hetero) is 1. The van der Waals surface area contributed by atoms with E-state index in [1.54, 1.807) is 31.2 Å². The highest BCUT2D eigenvalue weighted by atomic mass is 32.2. The number of nitrogens with one attached hydrogen (secondary N) is 1. The fourth-order valence-corrected chi connectivity index (χ4v) is 5.79. The summed E-state index contributed by atoms with van der Waals surface area (Å²) >= 11 is 0. The lowest BCUT2D eigenvalue weighted by molar-refractivity contribution is -0.126. The van der Waals surface area contributed by atoms with E-state index < -0.39 is 33.1 Å². The second-order valence-corrected chi connectivity index (χ2v) is 10.9. The standard InChI is InChI=1S/C27H27NO6S/c1-18-26(24(30)16-34-18)28-27(31)25(15-19-9-13-23(29)14-10-19)35(32,33)17-20-7-11-22(12-8-20)21-5-3-2-4-6-21/h2-14,18,25-26,29H,15-17H2,1H3,(H,28,31). The van der Waals surface area contributed by atoms with Gasteiger partial charge in [0.15, 0.2) is 15.6 Å². The van der Waals surface area contributed by atoms with E-state index in [-0.39, 0.29) is 30.3 Å². The van der Waals surface area contributed by atoms with Crippen molar-refractivity contribution in [1.82, 2.24) is 5.32 Å². The Morgan fingerprint density at radius 3 is 2.17 bits per heavy atom. The summed E-state index contributed by atoms with van der Waals surface area (Å²) in [6, 6.07) is 22.1. The number of phenols is 1. The molecule has 0 aliphatic carbocycles. The predicted octanol–water partition coefficient (Wildman–Crippen LogP) is 3.06. The number of carbonyl (C=O) groups excluding carboxylic acids is 2. The normalized spacial score (nSPS) is 18.8. The van der Waals surface area contributed by atoms with Gasteiger partial charge in [-0.15, -0.1) is 0 Å². The van der Waals surface area contributed by atoms with Crippen molar-refractivity contribution in [3.63, 3.8) is 0 Å². The Morgan fingerprint density at radius 2 is 1.57 bits per heavy atom. The lowest BCUT2D eigenvalue weighted by Crippen LogP contribution is -2.50. The van der Waals surface area contributed by atoms with Crippen molar-refractivity contribution < 1.29 is 27.9 Å². The summed E-state index contributed by atoms with van der Waals surface area (Å²) in [6.07, 6.45) is -0.624. The molecule has 1 amide bonds. The number of aromatic hydroxyl groups is 1. The predicted molar refractivity (Wildman–Crippen MR) is 132 cm³/mol. The smallest absolute Gasteiger partial charge is 0.239 e. The van der Waals surface area contributed by atoms with Crippen LogP contribution in [0.25, 0.3) is 11.1 Å². The van der Waals surface area contributed by atoms with Crippen LogP contribution in [0.3, 0.4) is 0 Å². The molecule has 0 aromatic heterocycles. The molecule has 3 unspecified atom stereocenters. The summed E-state index contributed by atoms with van der Waals surface area (Å²) in [4.78, 5) is 25.3. The fraction of sp³-hybridized carbons (Fsp3) is 0.259. The van der Waals surface area contributed by atoms with Crippen molar-refractivity contribution in [2.24, 2.45) is 0 Å². The largest absolute Gasteiger partial charge is 0.508 e. The van der Waals surface area contributed by atoms with Gasteiger partial charge in [0.05, 0.1) is 11.9 Å². The second-order valence-electron chi connectivity index (χ2n) is 8.70. The highest BCUT2D eigenvalue weighted by Gasteiger charge is 2.39. The number of hydrogen-bond acceptors (Lipinski definition) is 6. The molecule has 1 heterocycles. The minimum atomic E-state index is -3.96. The van der Waals surface area contributed by atoms with Crippen LogP contribution in [0.15, 0.2) is 78.9 Å². The van der Waals surface area contributed by atoms with Crippen molar-refractivity contribution in [3.05, 3.63) is 90.0 Å². The molecule has 7 nitrogen and oxygen atoms in total. The molecular weight excluding hydrogens is 466 g/mol. The first-order valence-corrected chi connectivity index (χ1v) is 13.0. The van der Waals surface area contributed by atoms with Gasteiger partial charge < -0.3 is 15.2 Å². The van der Waals surface area contributed by atoms with Gasteiger partial charge in [-0.3, -0.25) is 9.59 Å². The molecule has 35 heavy (non-hydrogen) atoms. The van der Waals surface area contributed by atoms with Crippen molar-refractivity contribution in [1.29, 1.82) is 0 Å². The van der Waals surface area contributed by atoms with E-state index in [1.165, 1.54) is 12.1 Å². The van der Waals surface area contributed by atoms with Crippen molar-refractivity contribution in [2.45, 2.75) is 36.5 Å². The maximum absolute atomic E-state index is 13.5. The number of benzene rings is 3. The molecule has 1 fully saturated rings. The third-order valence-corrected chi connectivity index (χ3v) is 8.10. The Bertz CT molecular complexity index is 1290. The molecule has 1 aliphatic heterocycles. The summed E-state index contributed by atoms with van der Waals surface area (Å²) in [5.41, 5.74) is 3.11. The molecule has 3 aromatic carbocycles. The zero-order valence-corrected chi connectivity index (χ0v) is 20.1. The minimum absolute atomic E-state index is 0.0404. The Morgan fingerprint density at radius 1 is 0.971 bits per heavy atom. The molecule has 0 bridgehead atoms. The van der Waals surface area contributed by atoms with E-state index in [1.807, 2.05) is 42.5 Å². The molecular formula is C27H27NO6S. The van der Waals surface area contributed by atoms with E-state index in [0.29, 0.717) is 11.1 Å². The number of rotatable bonds is 8. The molecule has 2 N–H and O–H groups in total. The van der Waals surface area contributed by atoms with Crippen LogP contribution in [0.2, 0.25) is 0 Å². The molecule has 0 spiro atoms. The molecule has 182 valence electrons. The molecule has 1 saturated heterocycles. The molecule has 3 atom stereocenters. The Labute approximate surface area is 204 Å². The summed E-state index contributed by atoms with van der Waals surface area (Å²) in [5.74, 6) is -1.32. The molecule has 8 heteroatoms. The summed E-state index contributed by atoms with van der Waals surface area (Å²) in [5, 5.41) is 10.7. The van der Waals surface area contributed by atoms with Gasteiger partial charge in [-0.2, -0.15) is 0 Å². The van der Waals surface area contributed by atoms with Crippen LogP contribution in [0, 0.1) is 0 Å². The molecule has 4 rings (SSSR count). The Hall–Kier alpha value is -3.49. The van der Waals surface area contributed by atoms with Gasteiger partial charge >= 0.3 is 0 Å².